The van der Waals surface area contributed by atoms with Crippen LogP contribution in [0.3, 0.4) is 0 Å². The maximum atomic E-state index is 5.19. The van der Waals surface area contributed by atoms with Gasteiger partial charge in [0.15, 0.2) is 0 Å². The summed E-state index contributed by atoms with van der Waals surface area (Å²) in [5.41, 5.74) is 1.36. The van der Waals surface area contributed by atoms with Gasteiger partial charge >= 0.3 is 0 Å². The molecule has 1 fully saturated rings. The SMILES string of the molecule is COC[C@H]1CC[C@@H]1NCc1ccccc1. The summed E-state index contributed by atoms with van der Waals surface area (Å²) in [5, 5.41) is 3.59. The number of rotatable bonds is 5. The zero-order valence-corrected chi connectivity index (χ0v) is 9.28. The van der Waals surface area contributed by atoms with Gasteiger partial charge in [0.05, 0.1) is 6.61 Å². The zero-order valence-electron chi connectivity index (χ0n) is 9.28. The van der Waals surface area contributed by atoms with E-state index in [0.717, 1.165) is 19.1 Å². The summed E-state index contributed by atoms with van der Waals surface area (Å²) in [6.45, 7) is 1.87. The smallest absolute Gasteiger partial charge is 0.0505 e. The fourth-order valence-corrected chi connectivity index (χ4v) is 2.10. The summed E-state index contributed by atoms with van der Waals surface area (Å²) in [7, 11) is 1.78. The molecule has 1 aliphatic carbocycles. The second-order valence-electron chi connectivity index (χ2n) is 4.27. The van der Waals surface area contributed by atoms with Crippen LogP contribution in [-0.2, 0) is 11.3 Å². The lowest BCUT2D eigenvalue weighted by Gasteiger charge is -2.37. The first-order valence-electron chi connectivity index (χ1n) is 5.66. The molecule has 1 aromatic rings. The summed E-state index contributed by atoms with van der Waals surface area (Å²) >= 11 is 0. The van der Waals surface area contributed by atoms with Crippen molar-refractivity contribution in [3.8, 4) is 0 Å². The van der Waals surface area contributed by atoms with Crippen LogP contribution in [0.5, 0.6) is 0 Å². The summed E-state index contributed by atoms with van der Waals surface area (Å²) < 4.78 is 5.19. The van der Waals surface area contributed by atoms with Crippen LogP contribution in [0.4, 0.5) is 0 Å². The predicted molar refractivity (Wildman–Crippen MR) is 61.7 cm³/mol. The van der Waals surface area contributed by atoms with Crippen molar-refractivity contribution in [2.45, 2.75) is 25.4 Å². The van der Waals surface area contributed by atoms with E-state index in [1.807, 2.05) is 0 Å². The molecule has 0 aliphatic heterocycles. The van der Waals surface area contributed by atoms with Gasteiger partial charge in [-0.2, -0.15) is 0 Å². The van der Waals surface area contributed by atoms with E-state index in [2.05, 4.69) is 35.6 Å². The van der Waals surface area contributed by atoms with Crippen molar-refractivity contribution in [1.29, 1.82) is 0 Å². The Morgan fingerprint density at radius 1 is 1.27 bits per heavy atom. The molecule has 1 aromatic carbocycles. The van der Waals surface area contributed by atoms with Crippen LogP contribution >= 0.6 is 0 Å². The first-order chi connectivity index (χ1) is 7.40. The minimum Gasteiger partial charge on any atom is -0.384 e. The van der Waals surface area contributed by atoms with Crippen LogP contribution in [0, 0.1) is 5.92 Å². The quantitative estimate of drug-likeness (QED) is 0.795. The van der Waals surface area contributed by atoms with Crippen molar-refractivity contribution in [3.05, 3.63) is 35.9 Å². The summed E-state index contributed by atoms with van der Waals surface area (Å²) in [6.07, 6.45) is 2.60. The highest BCUT2D eigenvalue weighted by Crippen LogP contribution is 2.27. The number of hydrogen-bond donors (Lipinski definition) is 1. The number of nitrogens with one attached hydrogen (secondary N) is 1. The first kappa shape index (κ1) is 10.7. The molecule has 1 saturated carbocycles. The molecule has 0 bridgehead atoms. The third kappa shape index (κ3) is 2.80. The fraction of sp³-hybridized carbons (Fsp3) is 0.538. The Hall–Kier alpha value is -0.860. The highest BCUT2D eigenvalue weighted by molar-refractivity contribution is 5.14. The average Bonchev–Trinajstić information content (AvgIpc) is 2.26. The summed E-state index contributed by atoms with van der Waals surface area (Å²) in [5.74, 6) is 0.721. The van der Waals surface area contributed by atoms with Crippen LogP contribution in [0.15, 0.2) is 30.3 Å². The van der Waals surface area contributed by atoms with Gasteiger partial charge in [-0.25, -0.2) is 0 Å². The molecule has 2 atom stereocenters. The molecule has 2 rings (SSSR count). The standard InChI is InChI=1S/C13H19NO/c1-15-10-12-7-8-13(12)14-9-11-5-3-2-4-6-11/h2-6,12-14H,7-10H2,1H3/t12-,13+/m1/s1. The average molecular weight is 205 g/mol. The van der Waals surface area contributed by atoms with E-state index in [9.17, 15) is 0 Å². The van der Waals surface area contributed by atoms with E-state index in [1.54, 1.807) is 7.11 Å². The van der Waals surface area contributed by atoms with Gasteiger partial charge in [-0.3, -0.25) is 0 Å². The van der Waals surface area contributed by atoms with Gasteiger partial charge in [0.25, 0.3) is 0 Å². The van der Waals surface area contributed by atoms with Crippen LogP contribution in [0.25, 0.3) is 0 Å². The Balaban J connectivity index is 1.74. The Morgan fingerprint density at radius 2 is 2.07 bits per heavy atom. The Bertz CT molecular complexity index is 286. The highest BCUT2D eigenvalue weighted by atomic mass is 16.5. The molecule has 0 heterocycles. The van der Waals surface area contributed by atoms with Gasteiger partial charge < -0.3 is 10.1 Å². The van der Waals surface area contributed by atoms with Gasteiger partial charge in [0.2, 0.25) is 0 Å². The summed E-state index contributed by atoms with van der Waals surface area (Å²) in [4.78, 5) is 0. The normalized spacial score (nSPS) is 24.9. The van der Waals surface area contributed by atoms with E-state index in [4.69, 9.17) is 4.74 Å². The van der Waals surface area contributed by atoms with E-state index in [1.165, 1.54) is 18.4 Å². The van der Waals surface area contributed by atoms with E-state index in [0.29, 0.717) is 6.04 Å². The number of methoxy groups -OCH3 is 1. The predicted octanol–water partition coefficient (Wildman–Crippen LogP) is 2.20. The molecule has 82 valence electrons. The van der Waals surface area contributed by atoms with Crippen LogP contribution < -0.4 is 5.32 Å². The lowest BCUT2D eigenvalue weighted by molar-refractivity contribution is 0.0791. The minimum absolute atomic E-state index is 0.658. The van der Waals surface area contributed by atoms with Crippen LogP contribution in [-0.4, -0.2) is 19.8 Å². The van der Waals surface area contributed by atoms with Crippen LogP contribution in [0.2, 0.25) is 0 Å². The number of hydrogen-bond acceptors (Lipinski definition) is 2. The van der Waals surface area contributed by atoms with Gasteiger partial charge in [0.1, 0.15) is 0 Å². The molecular weight excluding hydrogens is 186 g/mol. The molecule has 2 nitrogen and oxygen atoms in total. The third-order valence-electron chi connectivity index (χ3n) is 3.21. The fourth-order valence-electron chi connectivity index (χ4n) is 2.10. The molecular formula is C13H19NO. The minimum atomic E-state index is 0.658. The third-order valence-corrected chi connectivity index (χ3v) is 3.21. The Labute approximate surface area is 91.6 Å². The summed E-state index contributed by atoms with van der Waals surface area (Å²) in [6, 6.07) is 11.2. The lowest BCUT2D eigenvalue weighted by Crippen LogP contribution is -2.45. The van der Waals surface area contributed by atoms with E-state index >= 15 is 0 Å². The van der Waals surface area contributed by atoms with E-state index < -0.39 is 0 Å². The molecule has 0 saturated heterocycles. The molecule has 0 amide bonds. The first-order valence-corrected chi connectivity index (χ1v) is 5.66. The second kappa shape index (κ2) is 5.29. The van der Waals surface area contributed by atoms with Gasteiger partial charge in [0, 0.05) is 19.7 Å². The monoisotopic (exact) mass is 205 g/mol. The van der Waals surface area contributed by atoms with Gasteiger partial charge in [-0.05, 0) is 24.3 Å². The number of benzene rings is 1. The zero-order chi connectivity index (χ0) is 10.5. The molecule has 0 radical (unpaired) electrons. The molecule has 15 heavy (non-hydrogen) atoms. The lowest BCUT2D eigenvalue weighted by atomic mass is 9.80. The van der Waals surface area contributed by atoms with E-state index in [-0.39, 0.29) is 0 Å². The van der Waals surface area contributed by atoms with Crippen molar-refractivity contribution < 1.29 is 4.74 Å². The Morgan fingerprint density at radius 3 is 2.67 bits per heavy atom. The number of ether oxygens (including phenoxy) is 1. The second-order valence-corrected chi connectivity index (χ2v) is 4.27. The maximum Gasteiger partial charge on any atom is 0.0505 e. The Kier molecular flexibility index (Phi) is 3.75. The van der Waals surface area contributed by atoms with Crippen molar-refractivity contribution in [1.82, 2.24) is 5.32 Å². The molecule has 1 N–H and O–H groups in total. The topological polar surface area (TPSA) is 21.3 Å². The molecule has 0 aromatic heterocycles. The van der Waals surface area contributed by atoms with Crippen molar-refractivity contribution in [2.24, 2.45) is 5.92 Å². The maximum absolute atomic E-state index is 5.19. The van der Waals surface area contributed by atoms with Crippen molar-refractivity contribution in [3.63, 3.8) is 0 Å². The van der Waals surface area contributed by atoms with Gasteiger partial charge in [-0.1, -0.05) is 30.3 Å². The molecule has 1 aliphatic rings. The molecule has 0 unspecified atom stereocenters. The molecule has 0 spiro atoms. The molecule has 2 heteroatoms. The van der Waals surface area contributed by atoms with Crippen molar-refractivity contribution in [2.75, 3.05) is 13.7 Å². The largest absolute Gasteiger partial charge is 0.384 e. The van der Waals surface area contributed by atoms with Crippen LogP contribution in [0.1, 0.15) is 18.4 Å². The van der Waals surface area contributed by atoms with Gasteiger partial charge in [-0.15, -0.1) is 0 Å². The highest BCUT2D eigenvalue weighted by Gasteiger charge is 2.29. The van der Waals surface area contributed by atoms with Crippen molar-refractivity contribution >= 4 is 0 Å².